The smallest absolute Gasteiger partial charge is 0.249 e. The first-order valence-electron chi connectivity index (χ1n) is 4.83. The maximum absolute atomic E-state index is 11.3. The molecule has 1 atom stereocenters. The van der Waals surface area contributed by atoms with Gasteiger partial charge in [0.25, 0.3) is 0 Å². The molecule has 1 aliphatic carbocycles. The van der Waals surface area contributed by atoms with Gasteiger partial charge in [0, 0.05) is 17.2 Å². The third-order valence-corrected chi connectivity index (χ3v) is 3.60. The van der Waals surface area contributed by atoms with E-state index in [9.17, 15) is 4.55 Å². The standard InChI is InChI=1S/C10H12BrNO2S/c1-15(13)10-6-8(5-9(11)12-10)14-7-3-2-4-7/h5-7H,2-4H2,1H3. The van der Waals surface area contributed by atoms with Gasteiger partial charge in [-0.15, -0.1) is 0 Å². The molecule has 0 saturated heterocycles. The SMILES string of the molecule is C[S+]([O-])c1cc(OC2CCC2)cc(Br)n1. The molecule has 1 unspecified atom stereocenters. The Morgan fingerprint density at radius 3 is 2.80 bits per heavy atom. The van der Waals surface area contributed by atoms with Crippen molar-refractivity contribution in [2.24, 2.45) is 0 Å². The second-order valence-corrected chi connectivity index (χ2v) is 5.73. The molecule has 0 aliphatic heterocycles. The Balaban J connectivity index is 2.15. The van der Waals surface area contributed by atoms with E-state index in [1.807, 2.05) is 6.07 Å². The Morgan fingerprint density at radius 2 is 2.27 bits per heavy atom. The van der Waals surface area contributed by atoms with E-state index in [2.05, 4.69) is 20.9 Å². The van der Waals surface area contributed by atoms with E-state index in [4.69, 9.17) is 4.74 Å². The molecule has 82 valence electrons. The van der Waals surface area contributed by atoms with Crippen molar-refractivity contribution >= 4 is 27.1 Å². The van der Waals surface area contributed by atoms with Gasteiger partial charge in [-0.25, -0.2) is 0 Å². The molecule has 1 aromatic heterocycles. The minimum Gasteiger partial charge on any atom is -0.610 e. The third kappa shape index (κ3) is 2.86. The van der Waals surface area contributed by atoms with Gasteiger partial charge < -0.3 is 9.29 Å². The van der Waals surface area contributed by atoms with Gasteiger partial charge in [-0.1, -0.05) is 0 Å². The summed E-state index contributed by atoms with van der Waals surface area (Å²) in [4.78, 5) is 4.12. The van der Waals surface area contributed by atoms with Gasteiger partial charge in [0.15, 0.2) is 0 Å². The number of ether oxygens (including phenoxy) is 1. The molecule has 0 amide bonds. The highest BCUT2D eigenvalue weighted by molar-refractivity contribution is 9.10. The lowest BCUT2D eigenvalue weighted by molar-refractivity contribution is 0.119. The molecule has 0 aromatic carbocycles. The molecule has 0 spiro atoms. The zero-order valence-corrected chi connectivity index (χ0v) is 10.8. The second-order valence-electron chi connectivity index (χ2n) is 3.59. The van der Waals surface area contributed by atoms with Gasteiger partial charge in [-0.05, 0) is 35.2 Å². The first-order chi connectivity index (χ1) is 7.15. The molecular formula is C10H12BrNO2S. The number of aromatic nitrogens is 1. The maximum Gasteiger partial charge on any atom is 0.249 e. The van der Waals surface area contributed by atoms with Crippen LogP contribution in [0.15, 0.2) is 21.8 Å². The number of hydrogen-bond acceptors (Lipinski definition) is 3. The Morgan fingerprint density at radius 1 is 1.53 bits per heavy atom. The number of nitrogens with zero attached hydrogens (tertiary/aromatic N) is 1. The van der Waals surface area contributed by atoms with Crippen LogP contribution in [0.3, 0.4) is 0 Å². The largest absolute Gasteiger partial charge is 0.610 e. The summed E-state index contributed by atoms with van der Waals surface area (Å²) in [6.45, 7) is 0. The van der Waals surface area contributed by atoms with E-state index in [1.165, 1.54) is 6.42 Å². The number of pyridine rings is 1. The van der Waals surface area contributed by atoms with Gasteiger partial charge in [0.1, 0.15) is 16.6 Å². The predicted molar refractivity (Wildman–Crippen MR) is 62.5 cm³/mol. The summed E-state index contributed by atoms with van der Waals surface area (Å²) >= 11 is 2.22. The lowest BCUT2D eigenvalue weighted by atomic mass is 9.96. The Hall–Kier alpha value is -0.260. The van der Waals surface area contributed by atoms with Gasteiger partial charge >= 0.3 is 0 Å². The second kappa shape index (κ2) is 4.72. The molecule has 1 heterocycles. The van der Waals surface area contributed by atoms with Crippen LogP contribution in [0.1, 0.15) is 19.3 Å². The molecule has 5 heteroatoms. The molecule has 1 aliphatic rings. The fraction of sp³-hybridized carbons (Fsp3) is 0.500. The zero-order valence-electron chi connectivity index (χ0n) is 8.40. The van der Waals surface area contributed by atoms with Crippen LogP contribution in [0.2, 0.25) is 0 Å². The van der Waals surface area contributed by atoms with Crippen molar-refractivity contribution in [3.63, 3.8) is 0 Å². The molecule has 0 N–H and O–H groups in total. The highest BCUT2D eigenvalue weighted by Crippen LogP contribution is 2.27. The van der Waals surface area contributed by atoms with E-state index in [1.54, 1.807) is 12.3 Å². The van der Waals surface area contributed by atoms with Gasteiger partial charge in [-0.3, -0.25) is 0 Å². The molecule has 0 radical (unpaired) electrons. The quantitative estimate of drug-likeness (QED) is 0.634. The van der Waals surface area contributed by atoms with E-state index < -0.39 is 11.2 Å². The molecule has 2 rings (SSSR count). The molecular weight excluding hydrogens is 278 g/mol. The van der Waals surface area contributed by atoms with Crippen molar-refractivity contribution in [1.82, 2.24) is 4.98 Å². The third-order valence-electron chi connectivity index (χ3n) is 2.39. The summed E-state index contributed by atoms with van der Waals surface area (Å²) in [5, 5.41) is 0.554. The van der Waals surface area contributed by atoms with Crippen molar-refractivity contribution in [1.29, 1.82) is 0 Å². The first-order valence-corrected chi connectivity index (χ1v) is 7.18. The van der Waals surface area contributed by atoms with Crippen LogP contribution < -0.4 is 4.74 Å². The molecule has 1 saturated carbocycles. The lowest BCUT2D eigenvalue weighted by Crippen LogP contribution is -2.24. The number of rotatable bonds is 3. The predicted octanol–water partition coefficient (Wildman–Crippen LogP) is 2.51. The Kier molecular flexibility index (Phi) is 3.53. The summed E-state index contributed by atoms with van der Waals surface area (Å²) in [5.41, 5.74) is 0. The molecule has 3 nitrogen and oxygen atoms in total. The van der Waals surface area contributed by atoms with Crippen LogP contribution in [0.4, 0.5) is 0 Å². The average molecular weight is 290 g/mol. The highest BCUT2D eigenvalue weighted by Gasteiger charge is 2.20. The van der Waals surface area contributed by atoms with E-state index in [0.717, 1.165) is 18.6 Å². The van der Waals surface area contributed by atoms with Gasteiger partial charge in [0.05, 0.1) is 12.2 Å². The van der Waals surface area contributed by atoms with Crippen molar-refractivity contribution in [2.45, 2.75) is 30.4 Å². The minimum atomic E-state index is -1.07. The summed E-state index contributed by atoms with van der Waals surface area (Å²) in [6.07, 6.45) is 5.41. The van der Waals surface area contributed by atoms with Crippen molar-refractivity contribution in [2.75, 3.05) is 6.26 Å². The maximum atomic E-state index is 11.3. The average Bonchev–Trinajstić information content (AvgIpc) is 2.10. The molecule has 1 aromatic rings. The topological polar surface area (TPSA) is 45.2 Å². The van der Waals surface area contributed by atoms with E-state index in [-0.39, 0.29) is 0 Å². The van der Waals surface area contributed by atoms with E-state index in [0.29, 0.717) is 15.7 Å². The Labute approximate surface area is 101 Å². The fourth-order valence-electron chi connectivity index (χ4n) is 1.35. The van der Waals surface area contributed by atoms with Crippen LogP contribution in [0, 0.1) is 0 Å². The minimum absolute atomic E-state index is 0.331. The molecule has 15 heavy (non-hydrogen) atoms. The summed E-state index contributed by atoms with van der Waals surface area (Å²) in [7, 11) is 0. The first kappa shape index (κ1) is 11.2. The monoisotopic (exact) mass is 289 g/mol. The molecule has 0 bridgehead atoms. The zero-order chi connectivity index (χ0) is 10.8. The number of hydrogen-bond donors (Lipinski definition) is 0. The van der Waals surface area contributed by atoms with Crippen molar-refractivity contribution in [3.05, 3.63) is 16.7 Å². The summed E-state index contributed by atoms with van der Waals surface area (Å²) < 4.78 is 17.7. The van der Waals surface area contributed by atoms with Crippen molar-refractivity contribution < 1.29 is 9.29 Å². The van der Waals surface area contributed by atoms with Crippen LogP contribution >= 0.6 is 15.9 Å². The van der Waals surface area contributed by atoms with E-state index >= 15 is 0 Å². The Bertz CT molecular complexity index is 355. The van der Waals surface area contributed by atoms with Crippen LogP contribution in [-0.2, 0) is 11.2 Å². The molecule has 1 fully saturated rings. The lowest BCUT2D eigenvalue weighted by Gasteiger charge is -2.26. The summed E-state index contributed by atoms with van der Waals surface area (Å²) in [5.74, 6) is 0.756. The van der Waals surface area contributed by atoms with Gasteiger partial charge in [-0.2, -0.15) is 4.98 Å². The fourth-order valence-corrected chi connectivity index (χ4v) is 2.39. The van der Waals surface area contributed by atoms with Crippen LogP contribution in [0.25, 0.3) is 0 Å². The van der Waals surface area contributed by atoms with Crippen LogP contribution in [-0.4, -0.2) is 21.9 Å². The normalized spacial score (nSPS) is 18.3. The van der Waals surface area contributed by atoms with Crippen molar-refractivity contribution in [3.8, 4) is 5.75 Å². The van der Waals surface area contributed by atoms with Crippen LogP contribution in [0.5, 0.6) is 5.75 Å². The van der Waals surface area contributed by atoms with Gasteiger partial charge in [0.2, 0.25) is 5.03 Å². The summed E-state index contributed by atoms with van der Waals surface area (Å²) in [6, 6.07) is 3.56. The highest BCUT2D eigenvalue weighted by atomic mass is 79.9. The number of halogens is 1.